The van der Waals surface area contributed by atoms with E-state index in [4.69, 9.17) is 0 Å². The van der Waals surface area contributed by atoms with Crippen molar-refractivity contribution in [3.05, 3.63) is 24.3 Å². The number of piperidine rings is 1. The molecule has 8 heteroatoms. The fourth-order valence-electron chi connectivity index (χ4n) is 3.36. The summed E-state index contributed by atoms with van der Waals surface area (Å²) in [6.07, 6.45) is 1.35. The second kappa shape index (κ2) is 8.96. The third kappa shape index (κ3) is 5.27. The highest BCUT2D eigenvalue weighted by molar-refractivity contribution is 6.41. The second-order valence-corrected chi connectivity index (χ2v) is 7.13. The van der Waals surface area contributed by atoms with Gasteiger partial charge in [0, 0.05) is 43.5 Å². The van der Waals surface area contributed by atoms with Crippen molar-refractivity contribution >= 4 is 29.1 Å². The first-order valence-corrected chi connectivity index (χ1v) is 9.43. The number of carbonyl (C=O) groups is 3. The number of rotatable bonds is 3. The van der Waals surface area contributed by atoms with Gasteiger partial charge in [0.2, 0.25) is 5.91 Å². The number of hydrogen-bond acceptors (Lipinski definition) is 6. The third-order valence-corrected chi connectivity index (χ3v) is 5.15. The number of imide groups is 1. The lowest BCUT2D eigenvalue weighted by Gasteiger charge is -2.34. The molecule has 0 aliphatic carbocycles. The van der Waals surface area contributed by atoms with Gasteiger partial charge in [0.05, 0.1) is 0 Å². The molecule has 3 amide bonds. The summed E-state index contributed by atoms with van der Waals surface area (Å²) in [7, 11) is 2.11. The van der Waals surface area contributed by atoms with Crippen molar-refractivity contribution in [1.29, 1.82) is 0 Å². The number of nitrogens with one attached hydrogen (secondary N) is 3. The van der Waals surface area contributed by atoms with Crippen LogP contribution < -0.4 is 20.9 Å². The summed E-state index contributed by atoms with van der Waals surface area (Å²) in [6, 6.07) is 7.40. The van der Waals surface area contributed by atoms with Crippen LogP contribution in [0.4, 0.5) is 11.4 Å². The van der Waals surface area contributed by atoms with Crippen LogP contribution in [0.2, 0.25) is 0 Å². The largest absolute Gasteiger partial charge is 0.369 e. The van der Waals surface area contributed by atoms with Gasteiger partial charge < -0.3 is 20.4 Å². The summed E-state index contributed by atoms with van der Waals surface area (Å²) in [4.78, 5) is 40.7. The van der Waals surface area contributed by atoms with Gasteiger partial charge in [0.15, 0.2) is 0 Å². The minimum atomic E-state index is -0.915. The van der Waals surface area contributed by atoms with Gasteiger partial charge in [-0.05, 0) is 57.2 Å². The van der Waals surface area contributed by atoms with E-state index < -0.39 is 11.8 Å². The van der Waals surface area contributed by atoms with Crippen molar-refractivity contribution in [2.24, 2.45) is 5.92 Å². The van der Waals surface area contributed by atoms with E-state index >= 15 is 0 Å². The van der Waals surface area contributed by atoms with E-state index in [1.165, 1.54) is 0 Å². The fourth-order valence-corrected chi connectivity index (χ4v) is 3.36. The SMILES string of the molecule is CN1CCN(c2ccc(NC(=O)C(=O)NC(=O)C3CCNCC3)cc2)CC1. The lowest BCUT2D eigenvalue weighted by Crippen LogP contribution is -2.44. The lowest BCUT2D eigenvalue weighted by molar-refractivity contribution is -0.141. The van der Waals surface area contributed by atoms with Crippen molar-refractivity contribution in [3.63, 3.8) is 0 Å². The zero-order chi connectivity index (χ0) is 19.2. The first-order valence-electron chi connectivity index (χ1n) is 9.43. The first-order chi connectivity index (χ1) is 13.0. The monoisotopic (exact) mass is 373 g/mol. The maximum Gasteiger partial charge on any atom is 0.316 e. The van der Waals surface area contributed by atoms with Crippen LogP contribution in [-0.2, 0) is 14.4 Å². The van der Waals surface area contributed by atoms with Crippen LogP contribution in [0.1, 0.15) is 12.8 Å². The van der Waals surface area contributed by atoms with Crippen LogP contribution in [-0.4, -0.2) is 68.9 Å². The van der Waals surface area contributed by atoms with Gasteiger partial charge in [-0.15, -0.1) is 0 Å². The predicted molar refractivity (Wildman–Crippen MR) is 104 cm³/mol. The van der Waals surface area contributed by atoms with Crippen LogP contribution in [0, 0.1) is 5.92 Å². The molecule has 0 bridgehead atoms. The molecule has 0 unspecified atom stereocenters. The van der Waals surface area contributed by atoms with Crippen molar-refractivity contribution < 1.29 is 14.4 Å². The number of nitrogens with zero attached hydrogens (tertiary/aromatic N) is 2. The Morgan fingerprint density at radius 3 is 2.22 bits per heavy atom. The van der Waals surface area contributed by atoms with E-state index in [0.717, 1.165) is 45.0 Å². The maximum atomic E-state index is 12.1. The molecule has 2 aliphatic rings. The molecule has 146 valence electrons. The Labute approximate surface area is 159 Å². The van der Waals surface area contributed by atoms with E-state index in [0.29, 0.717) is 18.5 Å². The van der Waals surface area contributed by atoms with E-state index in [1.54, 1.807) is 12.1 Å². The molecule has 2 saturated heterocycles. The Hall–Kier alpha value is -2.45. The summed E-state index contributed by atoms with van der Waals surface area (Å²) in [5.41, 5.74) is 1.62. The van der Waals surface area contributed by atoms with Gasteiger partial charge >= 0.3 is 11.8 Å². The van der Waals surface area contributed by atoms with Crippen LogP contribution in [0.25, 0.3) is 0 Å². The van der Waals surface area contributed by atoms with E-state index in [2.05, 4.69) is 32.8 Å². The summed E-state index contributed by atoms with van der Waals surface area (Å²) >= 11 is 0. The minimum absolute atomic E-state index is 0.217. The summed E-state index contributed by atoms with van der Waals surface area (Å²) in [5.74, 6) is -2.33. The predicted octanol–water partition coefficient (Wildman–Crippen LogP) is 0.0193. The average molecular weight is 373 g/mol. The summed E-state index contributed by atoms with van der Waals surface area (Å²) in [6.45, 7) is 5.45. The Morgan fingerprint density at radius 2 is 1.59 bits per heavy atom. The quantitative estimate of drug-likeness (QED) is 0.647. The third-order valence-electron chi connectivity index (χ3n) is 5.15. The standard InChI is InChI=1S/C19H27N5O3/c1-23-10-12-24(13-11-23)16-4-2-15(3-5-16)21-18(26)19(27)22-17(25)14-6-8-20-9-7-14/h2-5,14,20H,6-13H2,1H3,(H,21,26)(H,22,25,27). The van der Waals surface area contributed by atoms with E-state index in [1.807, 2.05) is 12.1 Å². The lowest BCUT2D eigenvalue weighted by atomic mass is 9.97. The fraction of sp³-hybridized carbons (Fsp3) is 0.526. The van der Waals surface area contributed by atoms with Crippen molar-refractivity contribution in [2.45, 2.75) is 12.8 Å². The Morgan fingerprint density at radius 1 is 0.963 bits per heavy atom. The smallest absolute Gasteiger partial charge is 0.316 e. The first kappa shape index (κ1) is 19.3. The van der Waals surface area contributed by atoms with Gasteiger partial charge in [-0.25, -0.2) is 0 Å². The molecule has 0 spiro atoms. The molecule has 1 aromatic carbocycles. The van der Waals surface area contributed by atoms with Gasteiger partial charge in [0.25, 0.3) is 0 Å². The average Bonchev–Trinajstić information content (AvgIpc) is 2.70. The Balaban J connectivity index is 1.49. The molecule has 0 radical (unpaired) electrons. The number of amides is 3. The second-order valence-electron chi connectivity index (χ2n) is 7.13. The number of likely N-dealkylation sites (N-methyl/N-ethyl adjacent to an activating group) is 1. The highest BCUT2D eigenvalue weighted by Gasteiger charge is 2.25. The van der Waals surface area contributed by atoms with Crippen molar-refractivity contribution in [2.75, 3.05) is 56.5 Å². The van der Waals surface area contributed by atoms with Crippen LogP contribution in [0.3, 0.4) is 0 Å². The van der Waals surface area contributed by atoms with Gasteiger partial charge in [0.1, 0.15) is 0 Å². The van der Waals surface area contributed by atoms with E-state index in [-0.39, 0.29) is 11.8 Å². The zero-order valence-corrected chi connectivity index (χ0v) is 15.7. The highest BCUT2D eigenvalue weighted by atomic mass is 16.2. The number of piperazine rings is 1. The molecule has 3 rings (SSSR count). The number of hydrogen-bond donors (Lipinski definition) is 3. The topological polar surface area (TPSA) is 93.8 Å². The van der Waals surface area contributed by atoms with Gasteiger partial charge in [-0.2, -0.15) is 0 Å². The summed E-state index contributed by atoms with van der Waals surface area (Å²) in [5, 5.41) is 7.91. The van der Waals surface area contributed by atoms with Crippen molar-refractivity contribution in [1.82, 2.24) is 15.5 Å². The summed E-state index contributed by atoms with van der Waals surface area (Å²) < 4.78 is 0. The number of benzene rings is 1. The van der Waals surface area contributed by atoms with Crippen LogP contribution in [0.5, 0.6) is 0 Å². The molecule has 0 saturated carbocycles. The van der Waals surface area contributed by atoms with Crippen LogP contribution in [0.15, 0.2) is 24.3 Å². The normalized spacial score (nSPS) is 18.8. The molecule has 3 N–H and O–H groups in total. The molecule has 2 fully saturated rings. The van der Waals surface area contributed by atoms with Gasteiger partial charge in [-0.3, -0.25) is 19.7 Å². The highest BCUT2D eigenvalue weighted by Crippen LogP contribution is 2.19. The molecule has 2 aliphatic heterocycles. The molecule has 0 aromatic heterocycles. The zero-order valence-electron chi connectivity index (χ0n) is 15.7. The Kier molecular flexibility index (Phi) is 6.41. The molecule has 0 atom stereocenters. The maximum absolute atomic E-state index is 12.1. The minimum Gasteiger partial charge on any atom is -0.369 e. The molecular weight excluding hydrogens is 346 g/mol. The molecule has 8 nitrogen and oxygen atoms in total. The molecule has 2 heterocycles. The van der Waals surface area contributed by atoms with Crippen molar-refractivity contribution in [3.8, 4) is 0 Å². The van der Waals surface area contributed by atoms with Gasteiger partial charge in [-0.1, -0.05) is 0 Å². The Bertz CT molecular complexity index is 677. The van der Waals surface area contributed by atoms with E-state index in [9.17, 15) is 14.4 Å². The molecule has 1 aromatic rings. The molecule has 27 heavy (non-hydrogen) atoms. The number of carbonyl (C=O) groups excluding carboxylic acids is 3. The number of anilines is 2. The van der Waals surface area contributed by atoms with Crippen LogP contribution >= 0.6 is 0 Å². The molecular formula is C19H27N5O3.